The SMILES string of the molecule is Cc1ccc(N(c2ccc(C(C)C)cc2)c2ccc3c(c2)c2cc([Si](c4ccccc4)(c4ccccc4)c4ccccc4)ccc2c2c4ccc(N(c5ccc(C)cc5)c5ccc(C(C)C)cc5)cc4c4ccccc4c32)cc1. The summed E-state index contributed by atoms with van der Waals surface area (Å²) in [6.45, 7) is 13.4. The molecule has 0 saturated heterocycles. The molecular formula is C76H64N2Si. The molecule has 0 N–H and O–H groups in total. The second-order valence-electron chi connectivity index (χ2n) is 22.2. The number of aryl methyl sites for hydroxylation is 2. The maximum absolute atomic E-state index is 2.94. The molecule has 0 aromatic heterocycles. The molecule has 79 heavy (non-hydrogen) atoms. The standard InChI is InChI=1S/C76H64N2Si/c1-51(2)55-30-38-59(39-31-55)77(57-34-26-53(5)27-35-57)61-42-45-69-72(48-61)67-24-16-17-25-68(67)75-70-46-43-62(78(58-36-28-54(6)29-37-58)60-40-32-56(33-41-60)52(3)4)49-73(70)74-50-66(44-47-71(74)76(69)75)79(63-18-10-7-11-19-63,64-20-12-8-13-21-64)65-22-14-9-15-23-65/h7-52H,1-6H3. The zero-order valence-corrected chi connectivity index (χ0v) is 47.0. The Morgan fingerprint density at radius 3 is 0.949 bits per heavy atom. The van der Waals surface area contributed by atoms with Gasteiger partial charge in [0.15, 0.2) is 8.07 Å². The van der Waals surface area contributed by atoms with Gasteiger partial charge in [-0.1, -0.05) is 233 Å². The molecule has 13 aromatic rings. The minimum atomic E-state index is -2.94. The third-order valence-electron chi connectivity index (χ3n) is 16.7. The van der Waals surface area contributed by atoms with E-state index in [-0.39, 0.29) is 0 Å². The average Bonchev–Trinajstić information content (AvgIpc) is 2.86. The normalized spacial score (nSPS) is 11.9. The number of nitrogens with zero attached hydrogens (tertiary/aromatic N) is 2. The fourth-order valence-corrected chi connectivity index (χ4v) is 17.3. The Balaban J connectivity index is 1.15. The number of anilines is 6. The third-order valence-corrected chi connectivity index (χ3v) is 21.4. The van der Waals surface area contributed by atoms with Gasteiger partial charge in [0.25, 0.3) is 0 Å². The Morgan fingerprint density at radius 1 is 0.253 bits per heavy atom. The molecule has 2 nitrogen and oxygen atoms in total. The van der Waals surface area contributed by atoms with Crippen molar-refractivity contribution in [2.45, 2.75) is 53.4 Å². The summed E-state index contributed by atoms with van der Waals surface area (Å²) in [5, 5.41) is 17.9. The van der Waals surface area contributed by atoms with Crippen molar-refractivity contribution in [3.63, 3.8) is 0 Å². The third kappa shape index (κ3) is 8.66. The van der Waals surface area contributed by atoms with Crippen molar-refractivity contribution in [2.75, 3.05) is 9.80 Å². The molecule has 0 fully saturated rings. The van der Waals surface area contributed by atoms with E-state index in [4.69, 9.17) is 0 Å². The monoisotopic (exact) mass is 1030 g/mol. The first-order chi connectivity index (χ1) is 38.6. The summed E-state index contributed by atoms with van der Waals surface area (Å²) in [6, 6.07) is 101. The zero-order valence-electron chi connectivity index (χ0n) is 46.0. The number of hydrogen-bond acceptors (Lipinski definition) is 2. The highest BCUT2D eigenvalue weighted by molar-refractivity contribution is 7.20. The molecule has 0 heterocycles. The van der Waals surface area contributed by atoms with E-state index in [1.165, 1.54) is 96.9 Å². The lowest BCUT2D eigenvalue weighted by Crippen LogP contribution is -2.74. The Kier molecular flexibility index (Phi) is 12.8. The molecule has 13 aromatic carbocycles. The smallest absolute Gasteiger partial charge is 0.179 e. The van der Waals surface area contributed by atoms with Crippen LogP contribution in [0.5, 0.6) is 0 Å². The van der Waals surface area contributed by atoms with Crippen LogP contribution in [0, 0.1) is 13.8 Å². The number of rotatable bonds is 12. The van der Waals surface area contributed by atoms with Crippen LogP contribution >= 0.6 is 0 Å². The molecule has 0 aliphatic rings. The second-order valence-corrected chi connectivity index (χ2v) is 26.0. The maximum atomic E-state index is 2.60. The Bertz CT molecular complexity index is 4240. The van der Waals surface area contributed by atoms with Crippen molar-refractivity contribution in [2.24, 2.45) is 0 Å². The van der Waals surface area contributed by atoms with Crippen LogP contribution in [0.1, 0.15) is 61.8 Å². The summed E-state index contributed by atoms with van der Waals surface area (Å²) in [4.78, 5) is 4.86. The van der Waals surface area contributed by atoms with Crippen LogP contribution < -0.4 is 30.5 Å². The molecule has 0 spiro atoms. The highest BCUT2D eigenvalue weighted by atomic mass is 28.3. The quantitative estimate of drug-likeness (QED) is 0.0684. The number of hydrogen-bond donors (Lipinski definition) is 0. The van der Waals surface area contributed by atoms with E-state index < -0.39 is 8.07 Å². The van der Waals surface area contributed by atoms with Crippen molar-refractivity contribution in [3.8, 4) is 0 Å². The van der Waals surface area contributed by atoms with Crippen LogP contribution in [0.4, 0.5) is 34.1 Å². The first-order valence-corrected chi connectivity index (χ1v) is 30.0. The van der Waals surface area contributed by atoms with Gasteiger partial charge in [0.1, 0.15) is 0 Å². The lowest BCUT2D eigenvalue weighted by Gasteiger charge is -2.34. The van der Waals surface area contributed by atoms with Gasteiger partial charge in [-0.05, 0) is 184 Å². The molecule has 3 heteroatoms. The predicted molar refractivity (Wildman–Crippen MR) is 345 cm³/mol. The minimum absolute atomic E-state index is 0.432. The maximum Gasteiger partial charge on any atom is 0.179 e. The molecule has 0 aliphatic carbocycles. The van der Waals surface area contributed by atoms with Crippen molar-refractivity contribution >= 4 is 117 Å². The summed E-state index contributed by atoms with van der Waals surface area (Å²) < 4.78 is 0. The zero-order chi connectivity index (χ0) is 53.8. The topological polar surface area (TPSA) is 6.48 Å². The second kappa shape index (κ2) is 20.4. The molecule has 0 aliphatic heterocycles. The predicted octanol–water partition coefficient (Wildman–Crippen LogP) is 18.6. The summed E-state index contributed by atoms with van der Waals surface area (Å²) in [5.41, 5.74) is 11.9. The minimum Gasteiger partial charge on any atom is -0.310 e. The lowest BCUT2D eigenvalue weighted by atomic mass is 9.87. The Hall–Kier alpha value is -9.02. The molecule has 0 amide bonds. The van der Waals surface area contributed by atoms with Crippen LogP contribution in [0.3, 0.4) is 0 Å². The average molecular weight is 1030 g/mol. The van der Waals surface area contributed by atoms with Crippen LogP contribution in [0.15, 0.2) is 267 Å². The van der Waals surface area contributed by atoms with Gasteiger partial charge in [-0.15, -0.1) is 0 Å². The largest absolute Gasteiger partial charge is 0.310 e. The molecule has 0 atom stereocenters. The van der Waals surface area contributed by atoms with Crippen LogP contribution in [0.2, 0.25) is 0 Å². The first-order valence-electron chi connectivity index (χ1n) is 28.0. The molecule has 0 bridgehead atoms. The summed E-state index contributed by atoms with van der Waals surface area (Å²) >= 11 is 0. The summed E-state index contributed by atoms with van der Waals surface area (Å²) in [7, 11) is -2.94. The van der Waals surface area contributed by atoms with Crippen molar-refractivity contribution in [1.82, 2.24) is 0 Å². The molecule has 382 valence electrons. The van der Waals surface area contributed by atoms with Gasteiger partial charge in [0.2, 0.25) is 0 Å². The molecule has 0 unspecified atom stereocenters. The van der Waals surface area contributed by atoms with Gasteiger partial charge in [0, 0.05) is 34.1 Å². The molecular weight excluding hydrogens is 969 g/mol. The van der Waals surface area contributed by atoms with Gasteiger partial charge < -0.3 is 9.80 Å². The number of fused-ring (bicyclic) bond motifs is 11. The fourth-order valence-electron chi connectivity index (χ4n) is 12.6. The van der Waals surface area contributed by atoms with E-state index in [1.807, 2.05) is 0 Å². The molecule has 0 saturated carbocycles. The van der Waals surface area contributed by atoms with E-state index in [2.05, 4.69) is 318 Å². The Labute approximate surface area is 466 Å². The van der Waals surface area contributed by atoms with E-state index in [0.29, 0.717) is 11.8 Å². The molecule has 13 rings (SSSR count). The highest BCUT2D eigenvalue weighted by Gasteiger charge is 2.41. The first kappa shape index (κ1) is 49.5. The van der Waals surface area contributed by atoms with Gasteiger partial charge in [-0.25, -0.2) is 0 Å². The molecule has 0 radical (unpaired) electrons. The van der Waals surface area contributed by atoms with Crippen molar-refractivity contribution < 1.29 is 0 Å². The summed E-state index contributed by atoms with van der Waals surface area (Å²) in [5.74, 6) is 0.875. The van der Waals surface area contributed by atoms with Gasteiger partial charge in [-0.2, -0.15) is 0 Å². The van der Waals surface area contributed by atoms with Crippen molar-refractivity contribution in [3.05, 3.63) is 289 Å². The van der Waals surface area contributed by atoms with E-state index in [1.54, 1.807) is 0 Å². The number of benzene rings is 13. The van der Waals surface area contributed by atoms with E-state index >= 15 is 0 Å². The lowest BCUT2D eigenvalue weighted by molar-refractivity contribution is 0.866. The van der Waals surface area contributed by atoms with Crippen LogP contribution in [0.25, 0.3) is 53.9 Å². The van der Waals surface area contributed by atoms with Crippen molar-refractivity contribution in [1.29, 1.82) is 0 Å². The fraction of sp³-hybridized carbons (Fsp3) is 0.105. The highest BCUT2D eigenvalue weighted by Crippen LogP contribution is 2.48. The van der Waals surface area contributed by atoms with E-state index in [9.17, 15) is 0 Å². The van der Waals surface area contributed by atoms with Gasteiger partial charge >= 0.3 is 0 Å². The Morgan fingerprint density at radius 2 is 0.557 bits per heavy atom. The van der Waals surface area contributed by atoms with Crippen LogP contribution in [-0.4, -0.2) is 8.07 Å². The van der Waals surface area contributed by atoms with Crippen LogP contribution in [-0.2, 0) is 0 Å². The van der Waals surface area contributed by atoms with E-state index in [0.717, 1.165) is 34.1 Å². The summed E-state index contributed by atoms with van der Waals surface area (Å²) in [6.07, 6.45) is 0. The van der Waals surface area contributed by atoms with Gasteiger partial charge in [-0.3, -0.25) is 0 Å². The van der Waals surface area contributed by atoms with Gasteiger partial charge in [0.05, 0.1) is 0 Å².